The molecule has 18 heavy (non-hydrogen) atoms. The Balaban J connectivity index is 2.10. The first-order chi connectivity index (χ1) is 8.41. The van der Waals surface area contributed by atoms with Gasteiger partial charge in [0, 0.05) is 38.2 Å². The average molecular weight is 285 g/mol. The van der Waals surface area contributed by atoms with Gasteiger partial charge in [0.15, 0.2) is 7.29 Å². The minimum atomic E-state index is -2.36. The highest BCUT2D eigenvalue weighted by molar-refractivity contribution is 7.68. The summed E-state index contributed by atoms with van der Waals surface area (Å²) in [7, 11) is 2.89. The van der Waals surface area contributed by atoms with Crippen LogP contribution >= 0.6 is 15.4 Å². The summed E-state index contributed by atoms with van der Waals surface area (Å²) in [5, 5.41) is 0. The van der Waals surface area contributed by atoms with E-state index in [1.165, 1.54) is 11.1 Å². The fraction of sp³-hybridized carbons (Fsp3) is 0.692. The van der Waals surface area contributed by atoms with Gasteiger partial charge in [-0.15, -0.1) is 0 Å². The van der Waals surface area contributed by atoms with E-state index in [9.17, 15) is 4.57 Å². The van der Waals surface area contributed by atoms with Crippen molar-refractivity contribution in [2.75, 3.05) is 21.2 Å². The maximum absolute atomic E-state index is 13.3. The Bertz CT molecular complexity index is 497. The third kappa shape index (κ3) is 1.40. The molecule has 3 aliphatic rings. The van der Waals surface area contributed by atoms with Crippen LogP contribution in [0.1, 0.15) is 13.8 Å². The normalized spacial score (nSPS) is 49.6. The van der Waals surface area contributed by atoms with E-state index < -0.39 is 15.4 Å². The van der Waals surface area contributed by atoms with Gasteiger partial charge in [-0.25, -0.2) is 0 Å². The van der Waals surface area contributed by atoms with E-state index in [4.69, 9.17) is 4.52 Å². The van der Waals surface area contributed by atoms with Crippen LogP contribution in [0.3, 0.4) is 0 Å². The van der Waals surface area contributed by atoms with Gasteiger partial charge in [0.05, 0.1) is 0 Å². The fourth-order valence-corrected chi connectivity index (χ4v) is 11.1. The van der Waals surface area contributed by atoms with Gasteiger partial charge in [-0.2, -0.15) is 0 Å². The van der Waals surface area contributed by atoms with E-state index in [-0.39, 0.29) is 5.66 Å². The summed E-state index contributed by atoms with van der Waals surface area (Å²) < 4.78 is 21.0. The van der Waals surface area contributed by atoms with Crippen molar-refractivity contribution >= 4 is 15.4 Å². The maximum atomic E-state index is 13.3. The van der Waals surface area contributed by atoms with Crippen LogP contribution in [0.25, 0.3) is 0 Å². The van der Waals surface area contributed by atoms with Crippen molar-refractivity contribution in [2.24, 2.45) is 5.92 Å². The van der Waals surface area contributed by atoms with Gasteiger partial charge in [-0.3, -0.25) is 4.67 Å². The van der Waals surface area contributed by atoms with Gasteiger partial charge < -0.3 is 9.09 Å². The average Bonchev–Trinajstić information content (AvgIpc) is 2.86. The van der Waals surface area contributed by atoms with E-state index in [1.807, 2.05) is 25.9 Å². The lowest BCUT2D eigenvalue weighted by Gasteiger charge is -2.31. The molecule has 1 saturated heterocycles. The van der Waals surface area contributed by atoms with Crippen LogP contribution in [0.5, 0.6) is 0 Å². The number of hydrogen-bond acceptors (Lipinski definition) is 2. The zero-order valence-corrected chi connectivity index (χ0v) is 13.4. The smallest absolute Gasteiger partial charge is 0.175 e. The molecule has 3 aliphatic heterocycles. The number of allylic oxidation sites excluding steroid dienone is 3. The van der Waals surface area contributed by atoms with E-state index in [2.05, 4.69) is 25.7 Å². The molecule has 0 N–H and O–H groups in total. The molecule has 0 aromatic heterocycles. The molecule has 0 amide bonds. The van der Waals surface area contributed by atoms with Gasteiger partial charge in [-0.1, -0.05) is 17.2 Å². The Morgan fingerprint density at radius 2 is 2.00 bits per heavy atom. The third-order valence-electron chi connectivity index (χ3n) is 4.70. The fourth-order valence-electron chi connectivity index (χ4n) is 3.97. The highest BCUT2D eigenvalue weighted by Crippen LogP contribution is 2.79. The molecule has 0 spiro atoms. The van der Waals surface area contributed by atoms with Crippen LogP contribution < -0.4 is 0 Å². The van der Waals surface area contributed by atoms with Crippen LogP contribution in [0.15, 0.2) is 23.0 Å². The number of rotatable bonds is 2. The molecular weight excluding hydrogens is 264 g/mol. The monoisotopic (exact) mass is 285 g/mol. The summed E-state index contributed by atoms with van der Waals surface area (Å²) in [6.07, 6.45) is 2.34. The Kier molecular flexibility index (Phi) is 2.92. The van der Waals surface area contributed by atoms with Crippen molar-refractivity contribution in [3.63, 3.8) is 0 Å². The molecule has 5 heteroatoms. The first-order valence-electron chi connectivity index (χ1n) is 6.39. The van der Waals surface area contributed by atoms with Gasteiger partial charge in [0.25, 0.3) is 0 Å². The first kappa shape index (κ1) is 13.1. The summed E-state index contributed by atoms with van der Waals surface area (Å²) in [6, 6.07) is 0. The summed E-state index contributed by atoms with van der Waals surface area (Å²) >= 11 is 0. The van der Waals surface area contributed by atoms with E-state index in [0.29, 0.717) is 17.2 Å². The highest BCUT2D eigenvalue weighted by Gasteiger charge is 2.63. The number of nitrogens with zero attached hydrogens (tertiary/aromatic N) is 1. The summed E-state index contributed by atoms with van der Waals surface area (Å²) in [5.74, 6) is 2.52. The standard InChI is InChI=1S/C13H21NO2P2/c1-8-6-10-13-11(12(8)17(10)16-5)9(2)7-18(13,15)14(3)4/h6-7,10-13H,1-5H3/t10-,11-,12+,13+,17?,18-/m0/s1. The maximum Gasteiger partial charge on any atom is 0.175 e. The van der Waals surface area contributed by atoms with E-state index in [1.54, 1.807) is 0 Å². The van der Waals surface area contributed by atoms with Crippen molar-refractivity contribution in [3.8, 4) is 0 Å². The molecule has 1 fully saturated rings. The number of hydrogen-bond donors (Lipinski definition) is 0. The van der Waals surface area contributed by atoms with Crippen molar-refractivity contribution in [3.05, 3.63) is 23.0 Å². The van der Waals surface area contributed by atoms with Crippen molar-refractivity contribution < 1.29 is 9.09 Å². The summed E-state index contributed by atoms with van der Waals surface area (Å²) in [4.78, 5) is 0. The molecule has 6 atom stereocenters. The second kappa shape index (κ2) is 4.03. The van der Waals surface area contributed by atoms with Gasteiger partial charge in [-0.05, 0) is 33.8 Å². The first-order valence-corrected chi connectivity index (χ1v) is 9.58. The van der Waals surface area contributed by atoms with Gasteiger partial charge in [0.2, 0.25) is 0 Å². The molecule has 0 saturated carbocycles. The minimum Gasteiger partial charge on any atom is -0.361 e. The molecule has 2 bridgehead atoms. The molecular formula is C13H21NO2P2. The van der Waals surface area contributed by atoms with Crippen LogP contribution in [-0.4, -0.2) is 42.9 Å². The van der Waals surface area contributed by atoms with Crippen LogP contribution in [0, 0.1) is 5.92 Å². The molecule has 1 unspecified atom stereocenters. The van der Waals surface area contributed by atoms with Crippen LogP contribution in [0.4, 0.5) is 0 Å². The third-order valence-corrected chi connectivity index (χ3v) is 11.2. The molecule has 0 aromatic rings. The quantitative estimate of drug-likeness (QED) is 0.574. The molecule has 0 radical (unpaired) electrons. The van der Waals surface area contributed by atoms with Gasteiger partial charge in [0.1, 0.15) is 0 Å². The van der Waals surface area contributed by atoms with E-state index >= 15 is 0 Å². The second-order valence-corrected chi connectivity index (χ2v) is 11.0. The highest BCUT2D eigenvalue weighted by atomic mass is 31.2. The lowest BCUT2D eigenvalue weighted by molar-refractivity contribution is 0.457. The topological polar surface area (TPSA) is 29.5 Å². The Hall–Kier alpha value is 0.0600. The second-order valence-electron chi connectivity index (χ2n) is 5.80. The Morgan fingerprint density at radius 3 is 2.56 bits per heavy atom. The van der Waals surface area contributed by atoms with Crippen molar-refractivity contribution in [2.45, 2.75) is 30.8 Å². The van der Waals surface area contributed by atoms with Crippen LogP contribution in [0.2, 0.25) is 0 Å². The lowest BCUT2D eigenvalue weighted by atomic mass is 9.85. The number of fused-ring (bicyclic) bond motifs is 5. The molecule has 3 heterocycles. The van der Waals surface area contributed by atoms with E-state index in [0.717, 1.165) is 0 Å². The van der Waals surface area contributed by atoms with Crippen LogP contribution in [-0.2, 0) is 9.09 Å². The lowest BCUT2D eigenvalue weighted by Crippen LogP contribution is -2.31. The molecule has 3 nitrogen and oxygen atoms in total. The predicted molar refractivity (Wildman–Crippen MR) is 77.6 cm³/mol. The molecule has 0 aromatic carbocycles. The zero-order valence-electron chi connectivity index (χ0n) is 11.6. The Morgan fingerprint density at radius 1 is 1.33 bits per heavy atom. The van der Waals surface area contributed by atoms with Crippen molar-refractivity contribution in [1.29, 1.82) is 0 Å². The zero-order chi connectivity index (χ0) is 13.2. The molecule has 0 aliphatic carbocycles. The SMILES string of the molecule is COP1[C@@H]2C(C)=C[C@H]1[C@@H]1[C@H]2C(C)=C[P@@]1(=O)N(C)C. The summed E-state index contributed by atoms with van der Waals surface area (Å²) in [5.41, 5.74) is 3.94. The Labute approximate surface area is 111 Å². The molecule has 3 rings (SSSR count). The van der Waals surface area contributed by atoms with Crippen molar-refractivity contribution in [1.82, 2.24) is 4.67 Å². The largest absolute Gasteiger partial charge is 0.361 e. The summed E-state index contributed by atoms with van der Waals surface area (Å²) in [6.45, 7) is 4.36. The minimum absolute atomic E-state index is 0.271. The predicted octanol–water partition coefficient (Wildman–Crippen LogP) is 3.48. The molecule has 100 valence electrons. The van der Waals surface area contributed by atoms with Gasteiger partial charge >= 0.3 is 0 Å².